The fourth-order valence-corrected chi connectivity index (χ4v) is 2.35. The third-order valence-electron chi connectivity index (χ3n) is 3.29. The van der Waals surface area contributed by atoms with Crippen molar-refractivity contribution in [2.75, 3.05) is 19.6 Å². The van der Waals surface area contributed by atoms with Crippen LogP contribution >= 0.6 is 11.6 Å². The number of halogens is 1. The number of alkyl halides is 1. The first-order chi connectivity index (χ1) is 10.3. The molecule has 0 radical (unpaired) electrons. The molecule has 0 spiro atoms. The molecule has 0 unspecified atom stereocenters. The molecule has 2 aromatic carbocycles. The van der Waals surface area contributed by atoms with Gasteiger partial charge < -0.3 is 9.47 Å². The van der Waals surface area contributed by atoms with Crippen LogP contribution in [0.4, 0.5) is 0 Å². The number of carbonyl (C=O) groups excluding carboxylic acids is 1. The van der Waals surface area contributed by atoms with Crippen LogP contribution in [-0.4, -0.2) is 25.6 Å². The molecular weight excluding hydrogens is 288 g/mol. The van der Waals surface area contributed by atoms with E-state index < -0.39 is 0 Å². The van der Waals surface area contributed by atoms with Gasteiger partial charge in [-0.1, -0.05) is 24.3 Å². The molecule has 0 saturated carbocycles. The van der Waals surface area contributed by atoms with Crippen LogP contribution in [-0.2, 0) is 4.74 Å². The Kier molecular flexibility index (Phi) is 5.88. The van der Waals surface area contributed by atoms with Crippen LogP contribution in [0.25, 0.3) is 10.8 Å². The van der Waals surface area contributed by atoms with Crippen molar-refractivity contribution in [1.29, 1.82) is 0 Å². The maximum atomic E-state index is 11.9. The Morgan fingerprint density at radius 3 is 2.48 bits per heavy atom. The van der Waals surface area contributed by atoms with Gasteiger partial charge >= 0.3 is 5.97 Å². The lowest BCUT2D eigenvalue weighted by Crippen LogP contribution is -2.07. The average molecular weight is 307 g/mol. The second-order valence-electron chi connectivity index (χ2n) is 4.79. The fourth-order valence-electron chi connectivity index (χ4n) is 2.16. The van der Waals surface area contributed by atoms with Gasteiger partial charge in [0.1, 0.15) is 11.3 Å². The van der Waals surface area contributed by atoms with Gasteiger partial charge in [-0.05, 0) is 42.2 Å². The van der Waals surface area contributed by atoms with Gasteiger partial charge in [0.05, 0.1) is 13.7 Å². The molecular formula is C17H19ClO3. The first-order valence-corrected chi connectivity index (χ1v) is 7.59. The van der Waals surface area contributed by atoms with Crippen LogP contribution in [0.15, 0.2) is 36.4 Å². The molecule has 0 fully saturated rings. The molecule has 0 aliphatic rings. The van der Waals surface area contributed by atoms with E-state index in [9.17, 15) is 4.79 Å². The Morgan fingerprint density at radius 2 is 1.81 bits per heavy atom. The molecule has 0 heterocycles. The van der Waals surface area contributed by atoms with E-state index >= 15 is 0 Å². The molecule has 0 aliphatic carbocycles. The van der Waals surface area contributed by atoms with Gasteiger partial charge in [0.15, 0.2) is 0 Å². The van der Waals surface area contributed by atoms with Crippen LogP contribution in [0, 0.1) is 0 Å². The highest BCUT2D eigenvalue weighted by atomic mass is 35.5. The highest BCUT2D eigenvalue weighted by Gasteiger charge is 2.14. The number of esters is 1. The molecule has 3 nitrogen and oxygen atoms in total. The maximum Gasteiger partial charge on any atom is 0.341 e. The Morgan fingerprint density at radius 1 is 1.10 bits per heavy atom. The molecule has 0 bridgehead atoms. The summed E-state index contributed by atoms with van der Waals surface area (Å²) in [4.78, 5) is 11.9. The van der Waals surface area contributed by atoms with Crippen LogP contribution in [0.5, 0.6) is 5.75 Å². The number of carbonyl (C=O) groups is 1. The van der Waals surface area contributed by atoms with Crippen LogP contribution < -0.4 is 4.74 Å². The minimum Gasteiger partial charge on any atom is -0.493 e. The number of benzene rings is 2. The van der Waals surface area contributed by atoms with E-state index in [1.165, 1.54) is 7.11 Å². The van der Waals surface area contributed by atoms with Gasteiger partial charge in [-0.15, -0.1) is 11.6 Å². The zero-order chi connectivity index (χ0) is 15.1. The lowest BCUT2D eigenvalue weighted by molar-refractivity contribution is 0.0596. The first-order valence-electron chi connectivity index (χ1n) is 7.06. The highest BCUT2D eigenvalue weighted by Crippen LogP contribution is 2.27. The van der Waals surface area contributed by atoms with Crippen molar-refractivity contribution in [2.24, 2.45) is 0 Å². The number of hydrogen-bond acceptors (Lipinski definition) is 3. The Labute approximate surface area is 129 Å². The number of fused-ring (bicyclic) bond motifs is 1. The van der Waals surface area contributed by atoms with Crippen molar-refractivity contribution < 1.29 is 14.3 Å². The fraction of sp³-hybridized carbons (Fsp3) is 0.353. The van der Waals surface area contributed by atoms with E-state index in [0.717, 1.165) is 30.0 Å². The van der Waals surface area contributed by atoms with Gasteiger partial charge in [-0.3, -0.25) is 0 Å². The lowest BCUT2D eigenvalue weighted by atomic mass is 10.1. The number of ether oxygens (including phenoxy) is 2. The Bertz CT molecular complexity index is 610. The number of rotatable bonds is 7. The Balaban J connectivity index is 2.20. The van der Waals surface area contributed by atoms with Crippen molar-refractivity contribution >= 4 is 28.3 Å². The Hall–Kier alpha value is -1.74. The number of unbranched alkanes of at least 4 members (excludes halogenated alkanes) is 2. The minimum absolute atomic E-state index is 0.378. The largest absolute Gasteiger partial charge is 0.493 e. The van der Waals surface area contributed by atoms with Crippen LogP contribution in [0.2, 0.25) is 0 Å². The minimum atomic E-state index is -0.378. The third-order valence-corrected chi connectivity index (χ3v) is 3.56. The smallest absolute Gasteiger partial charge is 0.341 e. The van der Waals surface area contributed by atoms with Crippen molar-refractivity contribution in [2.45, 2.75) is 19.3 Å². The summed E-state index contributed by atoms with van der Waals surface area (Å²) >= 11 is 5.65. The molecule has 0 saturated heterocycles. The van der Waals surface area contributed by atoms with Crippen molar-refractivity contribution in [3.8, 4) is 5.75 Å². The van der Waals surface area contributed by atoms with E-state index in [0.29, 0.717) is 23.8 Å². The van der Waals surface area contributed by atoms with Gasteiger partial charge in [0.25, 0.3) is 0 Å². The summed E-state index contributed by atoms with van der Waals surface area (Å²) in [5.74, 6) is 0.867. The predicted octanol–water partition coefficient (Wildman–Crippen LogP) is 4.41. The quantitative estimate of drug-likeness (QED) is 0.432. The van der Waals surface area contributed by atoms with E-state index in [2.05, 4.69) is 0 Å². The summed E-state index contributed by atoms with van der Waals surface area (Å²) in [5, 5.41) is 2.04. The average Bonchev–Trinajstić information content (AvgIpc) is 2.53. The van der Waals surface area contributed by atoms with Crippen LogP contribution in [0.3, 0.4) is 0 Å². The molecule has 0 aliphatic heterocycles. The number of hydrogen-bond donors (Lipinski definition) is 0. The second kappa shape index (κ2) is 7.89. The van der Waals surface area contributed by atoms with Gasteiger partial charge in [0.2, 0.25) is 0 Å². The van der Waals surface area contributed by atoms with Crippen LogP contribution in [0.1, 0.15) is 29.6 Å². The van der Waals surface area contributed by atoms with E-state index in [4.69, 9.17) is 21.1 Å². The molecule has 4 heteroatoms. The first kappa shape index (κ1) is 15.6. The van der Waals surface area contributed by atoms with E-state index in [1.54, 1.807) is 0 Å². The van der Waals surface area contributed by atoms with Crippen molar-refractivity contribution in [3.63, 3.8) is 0 Å². The molecule has 112 valence electrons. The number of methoxy groups -OCH3 is 1. The van der Waals surface area contributed by atoms with E-state index in [1.807, 2.05) is 36.4 Å². The normalized spacial score (nSPS) is 10.6. The lowest BCUT2D eigenvalue weighted by Gasteiger charge is -2.12. The topological polar surface area (TPSA) is 35.5 Å². The monoisotopic (exact) mass is 306 g/mol. The summed E-state index contributed by atoms with van der Waals surface area (Å²) in [6, 6.07) is 11.6. The molecule has 0 amide bonds. The summed E-state index contributed by atoms with van der Waals surface area (Å²) < 4.78 is 10.6. The maximum absolute atomic E-state index is 11.9. The highest BCUT2D eigenvalue weighted by molar-refractivity contribution is 6.17. The van der Waals surface area contributed by atoms with Gasteiger partial charge in [-0.25, -0.2) is 4.79 Å². The van der Waals surface area contributed by atoms with Crippen molar-refractivity contribution in [1.82, 2.24) is 0 Å². The molecule has 21 heavy (non-hydrogen) atoms. The molecule has 2 rings (SSSR count). The summed E-state index contributed by atoms with van der Waals surface area (Å²) in [5.41, 5.74) is 0.466. The summed E-state index contributed by atoms with van der Waals surface area (Å²) in [7, 11) is 1.38. The standard InChI is InChI=1S/C17H19ClO3/c1-20-17(19)15-11-13-7-3-4-8-14(13)12-16(15)21-10-6-2-5-9-18/h3-4,7-8,11-12H,2,5-6,9-10H2,1H3. The van der Waals surface area contributed by atoms with E-state index in [-0.39, 0.29) is 5.97 Å². The molecule has 2 aromatic rings. The zero-order valence-electron chi connectivity index (χ0n) is 12.1. The summed E-state index contributed by atoms with van der Waals surface area (Å²) in [6.07, 6.45) is 2.91. The third kappa shape index (κ3) is 4.11. The summed E-state index contributed by atoms with van der Waals surface area (Å²) in [6.45, 7) is 0.569. The van der Waals surface area contributed by atoms with Gasteiger partial charge in [-0.2, -0.15) is 0 Å². The molecule has 0 aromatic heterocycles. The molecule has 0 N–H and O–H groups in total. The van der Waals surface area contributed by atoms with Crippen molar-refractivity contribution in [3.05, 3.63) is 42.0 Å². The molecule has 0 atom stereocenters. The van der Waals surface area contributed by atoms with Gasteiger partial charge in [0, 0.05) is 5.88 Å². The zero-order valence-corrected chi connectivity index (χ0v) is 12.9. The predicted molar refractivity (Wildman–Crippen MR) is 85.4 cm³/mol. The second-order valence-corrected chi connectivity index (χ2v) is 5.16. The SMILES string of the molecule is COC(=O)c1cc2ccccc2cc1OCCCCCCl.